The van der Waals surface area contributed by atoms with Crippen molar-refractivity contribution in [3.63, 3.8) is 0 Å². The first-order chi connectivity index (χ1) is 15.6. The van der Waals surface area contributed by atoms with Gasteiger partial charge in [-0.3, -0.25) is 4.79 Å². The van der Waals surface area contributed by atoms with E-state index in [4.69, 9.17) is 18.9 Å². The molecule has 2 aromatic carbocycles. The van der Waals surface area contributed by atoms with Crippen LogP contribution in [-0.2, 0) is 20.9 Å². The molecule has 0 spiro atoms. The number of hydrogen-bond donors (Lipinski definition) is 1. The van der Waals surface area contributed by atoms with E-state index in [2.05, 4.69) is 5.32 Å². The van der Waals surface area contributed by atoms with Gasteiger partial charge in [-0.15, -0.1) is 0 Å². The molecule has 32 heavy (non-hydrogen) atoms. The molecule has 172 valence electrons. The molecule has 1 N–H and O–H groups in total. The summed E-state index contributed by atoms with van der Waals surface area (Å²) in [4.78, 5) is 26.1. The monoisotopic (exact) mass is 442 g/mol. The van der Waals surface area contributed by atoms with Crippen molar-refractivity contribution in [2.75, 3.05) is 40.0 Å². The molecule has 2 aromatic rings. The van der Waals surface area contributed by atoms with Crippen LogP contribution < -0.4 is 14.8 Å². The summed E-state index contributed by atoms with van der Waals surface area (Å²) in [6.45, 7) is 2.50. The fraction of sp³-hybridized carbons (Fsp3) is 0.417. The molecule has 2 amide bonds. The Morgan fingerprint density at radius 2 is 1.84 bits per heavy atom. The van der Waals surface area contributed by atoms with Gasteiger partial charge in [0.2, 0.25) is 5.91 Å². The average Bonchev–Trinajstić information content (AvgIpc) is 2.85. The third kappa shape index (κ3) is 7.77. The minimum atomic E-state index is -0.483. The molecule has 0 bridgehead atoms. The molecule has 0 unspecified atom stereocenters. The second-order valence-electron chi connectivity index (χ2n) is 7.41. The fourth-order valence-corrected chi connectivity index (χ4v) is 3.27. The van der Waals surface area contributed by atoms with E-state index in [1.165, 1.54) is 0 Å². The van der Waals surface area contributed by atoms with Crippen molar-refractivity contribution in [1.82, 2.24) is 10.2 Å². The first-order valence-corrected chi connectivity index (χ1v) is 10.7. The number of hydrogen-bond acceptors (Lipinski definition) is 6. The molecule has 8 nitrogen and oxygen atoms in total. The summed E-state index contributed by atoms with van der Waals surface area (Å²) < 4.78 is 21.8. The van der Waals surface area contributed by atoms with Crippen LogP contribution in [0, 0.1) is 0 Å². The fourth-order valence-electron chi connectivity index (χ4n) is 3.27. The number of ether oxygens (including phenoxy) is 4. The number of carbonyl (C=O) groups is 2. The van der Waals surface area contributed by atoms with Gasteiger partial charge >= 0.3 is 6.09 Å². The number of carbonyl (C=O) groups excluding carboxylic acids is 2. The Morgan fingerprint density at radius 3 is 2.59 bits per heavy atom. The average molecular weight is 443 g/mol. The van der Waals surface area contributed by atoms with Gasteiger partial charge < -0.3 is 29.2 Å². The van der Waals surface area contributed by atoms with Gasteiger partial charge in [-0.05, 0) is 36.2 Å². The van der Waals surface area contributed by atoms with Crippen LogP contribution in [0.25, 0.3) is 0 Å². The Balaban J connectivity index is 1.30. The predicted molar refractivity (Wildman–Crippen MR) is 119 cm³/mol. The van der Waals surface area contributed by atoms with Crippen LogP contribution in [0.4, 0.5) is 4.79 Å². The van der Waals surface area contributed by atoms with Crippen molar-refractivity contribution in [3.05, 3.63) is 60.2 Å². The molecule has 0 aromatic heterocycles. The van der Waals surface area contributed by atoms with Crippen LogP contribution in [-0.4, -0.2) is 63.0 Å². The maximum atomic E-state index is 12.5. The quantitative estimate of drug-likeness (QED) is 0.570. The van der Waals surface area contributed by atoms with Gasteiger partial charge in [0.1, 0.15) is 30.8 Å². The highest BCUT2D eigenvalue weighted by atomic mass is 16.5. The highest BCUT2D eigenvalue weighted by Crippen LogP contribution is 2.18. The van der Waals surface area contributed by atoms with E-state index in [1.54, 1.807) is 12.0 Å². The van der Waals surface area contributed by atoms with Crippen LogP contribution in [0.5, 0.6) is 11.5 Å². The lowest BCUT2D eigenvalue weighted by molar-refractivity contribution is -0.140. The van der Waals surface area contributed by atoms with Crippen LogP contribution in [0.1, 0.15) is 18.4 Å². The number of rotatable bonds is 10. The Hall–Kier alpha value is -3.26. The number of nitrogens with one attached hydrogen (secondary N) is 1. The lowest BCUT2D eigenvalue weighted by Gasteiger charge is -2.33. The van der Waals surface area contributed by atoms with Crippen molar-refractivity contribution in [2.45, 2.75) is 25.6 Å². The van der Waals surface area contributed by atoms with Crippen molar-refractivity contribution < 1.29 is 28.5 Å². The minimum absolute atomic E-state index is 0.0437. The number of amides is 2. The maximum Gasteiger partial charge on any atom is 0.407 e. The van der Waals surface area contributed by atoms with E-state index in [1.807, 2.05) is 54.6 Å². The zero-order valence-electron chi connectivity index (χ0n) is 18.3. The largest absolute Gasteiger partial charge is 0.497 e. The molecule has 1 fully saturated rings. The molecule has 1 atom stereocenters. The highest BCUT2D eigenvalue weighted by molar-refractivity contribution is 5.76. The van der Waals surface area contributed by atoms with Crippen LogP contribution in [0.15, 0.2) is 54.6 Å². The van der Waals surface area contributed by atoms with Gasteiger partial charge in [0, 0.05) is 19.5 Å². The number of methoxy groups -OCH3 is 1. The number of morpholine rings is 1. The van der Waals surface area contributed by atoms with E-state index >= 15 is 0 Å². The minimum Gasteiger partial charge on any atom is -0.497 e. The molecular weight excluding hydrogens is 412 g/mol. The summed E-state index contributed by atoms with van der Waals surface area (Å²) in [5, 5.41) is 2.68. The first kappa shape index (κ1) is 23.4. The highest BCUT2D eigenvalue weighted by Gasteiger charge is 2.24. The summed E-state index contributed by atoms with van der Waals surface area (Å²) in [6.07, 6.45) is 0.235. The molecule has 0 radical (unpaired) electrons. The van der Waals surface area contributed by atoms with Crippen LogP contribution in [0.3, 0.4) is 0 Å². The van der Waals surface area contributed by atoms with Gasteiger partial charge in [-0.25, -0.2) is 4.79 Å². The normalized spacial score (nSPS) is 15.7. The third-order valence-corrected chi connectivity index (χ3v) is 5.04. The van der Waals surface area contributed by atoms with E-state index < -0.39 is 6.09 Å². The molecule has 3 rings (SSSR count). The molecule has 1 heterocycles. The van der Waals surface area contributed by atoms with Gasteiger partial charge in [0.05, 0.1) is 20.3 Å². The second kappa shape index (κ2) is 12.6. The molecule has 0 aliphatic carbocycles. The van der Waals surface area contributed by atoms with Crippen LogP contribution in [0.2, 0.25) is 0 Å². The predicted octanol–water partition coefficient (Wildman–Crippen LogP) is 3.01. The Labute approximate surface area is 188 Å². The number of alkyl carbamates (subject to hydrolysis) is 1. The Bertz CT molecular complexity index is 843. The van der Waals surface area contributed by atoms with Gasteiger partial charge in [0.15, 0.2) is 0 Å². The lowest BCUT2D eigenvalue weighted by atomic mass is 10.2. The molecule has 1 saturated heterocycles. The SMILES string of the molecule is COc1ccc(OC[C@@H]2CN(C(=O)CCCNC(=O)OCc3ccccc3)CCO2)cc1. The second-order valence-corrected chi connectivity index (χ2v) is 7.41. The first-order valence-electron chi connectivity index (χ1n) is 10.7. The smallest absolute Gasteiger partial charge is 0.407 e. The Morgan fingerprint density at radius 1 is 1.09 bits per heavy atom. The lowest BCUT2D eigenvalue weighted by Crippen LogP contribution is -2.47. The standard InChI is InChI=1S/C24H30N2O6/c1-29-20-9-11-21(12-10-20)31-18-22-16-26(14-15-30-22)23(27)8-5-13-25-24(28)32-17-19-6-3-2-4-7-19/h2-4,6-7,9-12,22H,5,8,13-18H2,1H3,(H,25,28)/t22-/m0/s1. The van der Waals surface area contributed by atoms with E-state index in [9.17, 15) is 9.59 Å². The van der Waals surface area contributed by atoms with E-state index in [0.29, 0.717) is 45.7 Å². The molecule has 1 aliphatic heterocycles. The topological polar surface area (TPSA) is 86.3 Å². The summed E-state index contributed by atoms with van der Waals surface area (Å²) in [5.74, 6) is 1.53. The third-order valence-electron chi connectivity index (χ3n) is 5.04. The van der Waals surface area contributed by atoms with Crippen molar-refractivity contribution in [3.8, 4) is 11.5 Å². The number of benzene rings is 2. The molecule has 0 saturated carbocycles. The van der Waals surface area contributed by atoms with Gasteiger partial charge in [0.25, 0.3) is 0 Å². The molecular formula is C24H30N2O6. The number of nitrogens with zero attached hydrogens (tertiary/aromatic N) is 1. The summed E-state index contributed by atoms with van der Waals surface area (Å²) >= 11 is 0. The van der Waals surface area contributed by atoms with Crippen molar-refractivity contribution >= 4 is 12.0 Å². The van der Waals surface area contributed by atoms with E-state index in [0.717, 1.165) is 17.1 Å². The van der Waals surface area contributed by atoms with Gasteiger partial charge in [-0.1, -0.05) is 30.3 Å². The Kier molecular flexibility index (Phi) is 9.19. The summed E-state index contributed by atoms with van der Waals surface area (Å²) in [5.41, 5.74) is 0.927. The zero-order valence-corrected chi connectivity index (χ0v) is 18.3. The molecule has 8 heteroatoms. The van der Waals surface area contributed by atoms with Crippen LogP contribution >= 0.6 is 0 Å². The van der Waals surface area contributed by atoms with Crippen molar-refractivity contribution in [2.24, 2.45) is 0 Å². The van der Waals surface area contributed by atoms with Crippen molar-refractivity contribution in [1.29, 1.82) is 0 Å². The summed E-state index contributed by atoms with van der Waals surface area (Å²) in [7, 11) is 1.62. The molecule has 1 aliphatic rings. The van der Waals surface area contributed by atoms with Gasteiger partial charge in [-0.2, -0.15) is 0 Å². The zero-order chi connectivity index (χ0) is 22.6. The maximum absolute atomic E-state index is 12.5. The summed E-state index contributed by atoms with van der Waals surface area (Å²) in [6, 6.07) is 16.8. The van der Waals surface area contributed by atoms with E-state index in [-0.39, 0.29) is 18.6 Å².